The molecule has 106 valence electrons. The van der Waals surface area contributed by atoms with E-state index in [1.165, 1.54) is 6.42 Å². The van der Waals surface area contributed by atoms with E-state index in [9.17, 15) is 4.79 Å². The van der Waals surface area contributed by atoms with Crippen LogP contribution in [-0.2, 0) is 11.3 Å². The second kappa shape index (κ2) is 5.58. The molecule has 0 aliphatic carbocycles. The van der Waals surface area contributed by atoms with Crippen LogP contribution < -0.4 is 0 Å². The van der Waals surface area contributed by atoms with Gasteiger partial charge in [0.05, 0.1) is 11.0 Å². The normalized spacial score (nSPS) is 15.8. The number of aromatic nitrogens is 2. The zero-order valence-electron chi connectivity index (χ0n) is 11.1. The number of amides is 1. The molecule has 1 aromatic heterocycles. The third-order valence-electron chi connectivity index (χ3n) is 3.74. The van der Waals surface area contributed by atoms with Gasteiger partial charge in [0.25, 0.3) is 0 Å². The van der Waals surface area contributed by atoms with Crippen molar-refractivity contribution in [1.29, 1.82) is 0 Å². The summed E-state index contributed by atoms with van der Waals surface area (Å²) < 4.78 is 2.41. The number of carbonyl (C=O) groups is 1. The van der Waals surface area contributed by atoms with Gasteiger partial charge in [0, 0.05) is 18.1 Å². The van der Waals surface area contributed by atoms with E-state index in [1.807, 2.05) is 27.7 Å². The third kappa shape index (κ3) is 2.60. The lowest BCUT2D eigenvalue weighted by Gasteiger charge is -2.26. The number of carbonyl (C=O) groups excluding carboxylic acids is 1. The lowest BCUT2D eigenvalue weighted by atomic mass is 10.1. The molecule has 1 N–H and O–H groups in total. The third-order valence-corrected chi connectivity index (χ3v) is 4.30. The molecule has 0 bridgehead atoms. The number of fused-ring (bicyclic) bond motifs is 1. The summed E-state index contributed by atoms with van der Waals surface area (Å²) in [7, 11) is 0. The Morgan fingerprint density at radius 1 is 1.30 bits per heavy atom. The van der Waals surface area contributed by atoms with Crippen LogP contribution >= 0.6 is 23.8 Å². The predicted molar refractivity (Wildman–Crippen MR) is 82.6 cm³/mol. The molecule has 0 saturated carbocycles. The Balaban J connectivity index is 1.88. The molecule has 0 spiro atoms. The van der Waals surface area contributed by atoms with Crippen LogP contribution in [0.1, 0.15) is 19.3 Å². The van der Waals surface area contributed by atoms with Crippen LogP contribution in [0.25, 0.3) is 11.0 Å². The van der Waals surface area contributed by atoms with Gasteiger partial charge in [-0.2, -0.15) is 0 Å². The summed E-state index contributed by atoms with van der Waals surface area (Å²) in [6.45, 7) is 2.02. The highest BCUT2D eigenvalue weighted by atomic mass is 35.5. The Kier molecular flexibility index (Phi) is 3.81. The molecule has 20 heavy (non-hydrogen) atoms. The van der Waals surface area contributed by atoms with Crippen LogP contribution in [0, 0.1) is 4.77 Å². The number of rotatable bonds is 2. The second-order valence-electron chi connectivity index (χ2n) is 5.12. The van der Waals surface area contributed by atoms with Gasteiger partial charge in [0.2, 0.25) is 5.91 Å². The zero-order chi connectivity index (χ0) is 14.1. The number of likely N-dealkylation sites (tertiary alicyclic amines) is 1. The molecular weight excluding hydrogens is 294 g/mol. The number of hydrogen-bond acceptors (Lipinski definition) is 2. The lowest BCUT2D eigenvalue weighted by Crippen LogP contribution is -2.37. The summed E-state index contributed by atoms with van der Waals surface area (Å²) >= 11 is 11.3. The summed E-state index contributed by atoms with van der Waals surface area (Å²) in [5, 5.41) is 0.656. The molecule has 1 aliphatic heterocycles. The maximum atomic E-state index is 12.3. The zero-order valence-corrected chi connectivity index (χ0v) is 12.6. The fraction of sp³-hybridized carbons (Fsp3) is 0.429. The molecule has 2 aromatic rings. The lowest BCUT2D eigenvalue weighted by molar-refractivity contribution is -0.132. The first kappa shape index (κ1) is 13.6. The number of aromatic amines is 1. The van der Waals surface area contributed by atoms with E-state index in [-0.39, 0.29) is 5.91 Å². The minimum absolute atomic E-state index is 0.136. The van der Waals surface area contributed by atoms with E-state index in [2.05, 4.69) is 4.98 Å². The Bertz CT molecular complexity index is 700. The largest absolute Gasteiger partial charge is 0.341 e. The first-order valence-electron chi connectivity index (χ1n) is 6.81. The number of imidazole rings is 1. The van der Waals surface area contributed by atoms with Crippen LogP contribution in [0.4, 0.5) is 0 Å². The van der Waals surface area contributed by atoms with Crippen molar-refractivity contribution in [2.45, 2.75) is 25.8 Å². The summed E-state index contributed by atoms with van der Waals surface area (Å²) in [5.74, 6) is 0.136. The van der Waals surface area contributed by atoms with Crippen LogP contribution in [-0.4, -0.2) is 33.4 Å². The minimum atomic E-state index is 0.136. The van der Waals surface area contributed by atoms with E-state index in [0.717, 1.165) is 37.0 Å². The van der Waals surface area contributed by atoms with Gasteiger partial charge in [0.1, 0.15) is 6.54 Å². The summed E-state index contributed by atoms with van der Waals surface area (Å²) in [5.41, 5.74) is 1.79. The molecule has 0 atom stereocenters. The molecule has 1 fully saturated rings. The van der Waals surface area contributed by atoms with Gasteiger partial charge >= 0.3 is 0 Å². The molecule has 1 saturated heterocycles. The monoisotopic (exact) mass is 309 g/mol. The van der Waals surface area contributed by atoms with E-state index >= 15 is 0 Å². The van der Waals surface area contributed by atoms with E-state index in [1.54, 1.807) is 0 Å². The van der Waals surface area contributed by atoms with Gasteiger partial charge in [-0.25, -0.2) is 0 Å². The quantitative estimate of drug-likeness (QED) is 0.864. The van der Waals surface area contributed by atoms with E-state index in [0.29, 0.717) is 16.3 Å². The van der Waals surface area contributed by atoms with Crippen LogP contribution in [0.5, 0.6) is 0 Å². The molecule has 3 rings (SSSR count). The Morgan fingerprint density at radius 2 is 2.05 bits per heavy atom. The fourth-order valence-corrected chi connectivity index (χ4v) is 3.12. The number of hydrogen-bond donors (Lipinski definition) is 1. The van der Waals surface area contributed by atoms with Gasteiger partial charge in [-0.05, 0) is 49.7 Å². The first-order chi connectivity index (χ1) is 9.65. The Morgan fingerprint density at radius 3 is 2.80 bits per heavy atom. The number of benzene rings is 1. The molecule has 1 amide bonds. The number of halogens is 1. The molecule has 0 radical (unpaired) electrons. The molecular formula is C14H16ClN3OS. The van der Waals surface area contributed by atoms with E-state index < -0.39 is 0 Å². The van der Waals surface area contributed by atoms with Crippen molar-refractivity contribution in [3.63, 3.8) is 0 Å². The van der Waals surface area contributed by atoms with Crippen LogP contribution in [0.3, 0.4) is 0 Å². The van der Waals surface area contributed by atoms with Gasteiger partial charge in [-0.15, -0.1) is 0 Å². The number of H-pyrrole nitrogens is 1. The average Bonchev–Trinajstić information content (AvgIpc) is 2.75. The van der Waals surface area contributed by atoms with Gasteiger partial charge in [0.15, 0.2) is 4.77 Å². The van der Waals surface area contributed by atoms with Gasteiger partial charge in [-0.1, -0.05) is 11.6 Å². The highest BCUT2D eigenvalue weighted by Gasteiger charge is 2.18. The molecule has 1 aromatic carbocycles. The van der Waals surface area contributed by atoms with Crippen LogP contribution in [0.2, 0.25) is 5.02 Å². The van der Waals surface area contributed by atoms with Crippen molar-refractivity contribution >= 4 is 40.8 Å². The number of nitrogens with one attached hydrogen (secondary N) is 1. The molecule has 4 nitrogen and oxygen atoms in total. The first-order valence-corrected chi connectivity index (χ1v) is 7.59. The van der Waals surface area contributed by atoms with Crippen molar-refractivity contribution in [2.75, 3.05) is 13.1 Å². The van der Waals surface area contributed by atoms with E-state index in [4.69, 9.17) is 23.8 Å². The number of piperidine rings is 1. The maximum Gasteiger partial charge on any atom is 0.242 e. The van der Waals surface area contributed by atoms with Crippen LogP contribution in [0.15, 0.2) is 18.2 Å². The SMILES string of the molecule is O=C(Cn1c(=S)[nH]c2cc(Cl)ccc21)N1CCCCC1. The Labute approximate surface area is 127 Å². The van der Waals surface area contributed by atoms with Crippen molar-refractivity contribution in [2.24, 2.45) is 0 Å². The van der Waals surface area contributed by atoms with Crippen molar-refractivity contribution < 1.29 is 4.79 Å². The Hall–Kier alpha value is -1.33. The van der Waals surface area contributed by atoms with Crippen molar-refractivity contribution in [3.05, 3.63) is 28.0 Å². The van der Waals surface area contributed by atoms with Crippen molar-refractivity contribution in [3.8, 4) is 0 Å². The molecule has 6 heteroatoms. The topological polar surface area (TPSA) is 41.0 Å². The standard InChI is InChI=1S/C14H16ClN3OS/c15-10-4-5-12-11(8-10)16-14(20)18(12)9-13(19)17-6-2-1-3-7-17/h4-5,8H,1-3,6-7,9H2,(H,16,20). The summed E-state index contributed by atoms with van der Waals surface area (Å²) in [6, 6.07) is 5.54. The summed E-state index contributed by atoms with van der Waals surface area (Å²) in [6.07, 6.45) is 3.41. The van der Waals surface area contributed by atoms with Crippen molar-refractivity contribution in [1.82, 2.24) is 14.5 Å². The predicted octanol–water partition coefficient (Wildman–Crippen LogP) is 3.36. The maximum absolute atomic E-state index is 12.3. The second-order valence-corrected chi connectivity index (χ2v) is 5.94. The van der Waals surface area contributed by atoms with Gasteiger partial charge in [-0.3, -0.25) is 4.79 Å². The van der Waals surface area contributed by atoms with Gasteiger partial charge < -0.3 is 14.5 Å². The average molecular weight is 310 g/mol. The molecule has 2 heterocycles. The highest BCUT2D eigenvalue weighted by Crippen LogP contribution is 2.19. The highest BCUT2D eigenvalue weighted by molar-refractivity contribution is 7.71. The minimum Gasteiger partial charge on any atom is -0.341 e. The smallest absolute Gasteiger partial charge is 0.242 e. The fourth-order valence-electron chi connectivity index (χ4n) is 2.67. The number of nitrogens with zero attached hydrogens (tertiary/aromatic N) is 2. The summed E-state index contributed by atoms with van der Waals surface area (Å²) in [4.78, 5) is 17.4. The molecule has 1 aliphatic rings. The molecule has 0 unspecified atom stereocenters.